The molecule has 0 heterocycles. The zero-order chi connectivity index (χ0) is 17.8. The maximum atomic E-state index is 10.3. The van der Waals surface area contributed by atoms with Gasteiger partial charge in [-0.3, -0.25) is 0 Å². The molecule has 0 amide bonds. The van der Waals surface area contributed by atoms with Gasteiger partial charge < -0.3 is 10.8 Å². The van der Waals surface area contributed by atoms with Gasteiger partial charge in [0.1, 0.15) is 5.75 Å². The molecule has 0 radical (unpaired) electrons. The zero-order valence-corrected chi connectivity index (χ0v) is 14.0. The lowest BCUT2D eigenvalue weighted by Crippen LogP contribution is -1.86. The summed E-state index contributed by atoms with van der Waals surface area (Å²) >= 11 is 0.795. The van der Waals surface area contributed by atoms with Crippen LogP contribution in [-0.2, 0) is 9.37 Å². The fourth-order valence-corrected chi connectivity index (χ4v) is 2.81. The van der Waals surface area contributed by atoms with Crippen LogP contribution in [0.15, 0.2) is 63.7 Å². The van der Waals surface area contributed by atoms with Crippen LogP contribution in [0.2, 0.25) is 0 Å². The van der Waals surface area contributed by atoms with Crippen molar-refractivity contribution < 1.29 is 19.7 Å². The van der Waals surface area contributed by atoms with Crippen LogP contribution in [0.1, 0.15) is 5.56 Å². The molecule has 128 valence electrons. The number of rotatable bonds is 5. The Morgan fingerprint density at radius 1 is 1.00 bits per heavy atom. The van der Waals surface area contributed by atoms with Crippen LogP contribution in [0.25, 0.3) is 10.8 Å². The van der Waals surface area contributed by atoms with Gasteiger partial charge in [0.25, 0.3) is 0 Å². The highest BCUT2D eigenvalue weighted by Gasteiger charge is 2.11. The normalized spacial score (nSPS) is 11.4. The summed E-state index contributed by atoms with van der Waals surface area (Å²) in [5.41, 5.74) is 8.23. The van der Waals surface area contributed by atoms with Gasteiger partial charge in [0.15, 0.2) is 0 Å². The smallest absolute Gasteiger partial charge is 0.127 e. The van der Waals surface area contributed by atoms with Gasteiger partial charge in [-0.15, -0.1) is 4.33 Å². The van der Waals surface area contributed by atoms with Crippen molar-refractivity contribution in [3.8, 4) is 5.75 Å². The van der Waals surface area contributed by atoms with Crippen LogP contribution >= 0.6 is 12.0 Å². The minimum Gasteiger partial charge on any atom is -0.507 e. The second-order valence-corrected chi connectivity index (χ2v) is 6.01. The summed E-state index contributed by atoms with van der Waals surface area (Å²) < 4.78 is 4.46. The molecule has 0 aromatic heterocycles. The van der Waals surface area contributed by atoms with Crippen molar-refractivity contribution >= 4 is 39.9 Å². The summed E-state index contributed by atoms with van der Waals surface area (Å²) in [7, 11) is 0. The Morgan fingerprint density at radius 3 is 2.40 bits per heavy atom. The summed E-state index contributed by atoms with van der Waals surface area (Å²) in [5.74, 6) is 0.128. The van der Waals surface area contributed by atoms with E-state index in [1.165, 1.54) is 0 Å². The van der Waals surface area contributed by atoms with Gasteiger partial charge in [-0.05, 0) is 60.8 Å². The highest BCUT2D eigenvalue weighted by molar-refractivity contribution is 7.94. The predicted molar refractivity (Wildman–Crippen MR) is 96.0 cm³/mol. The van der Waals surface area contributed by atoms with E-state index in [2.05, 4.69) is 19.6 Å². The molecule has 4 N–H and O–H groups in total. The molecule has 0 fully saturated rings. The molecule has 0 bridgehead atoms. The molecule has 0 saturated heterocycles. The molecule has 3 aromatic rings. The Kier molecular flexibility index (Phi) is 5.15. The molecule has 25 heavy (non-hydrogen) atoms. The number of phenolic OH excluding ortho intramolecular Hbond substituents is 1. The summed E-state index contributed by atoms with van der Waals surface area (Å²) in [4.78, 5) is 0.603. The van der Waals surface area contributed by atoms with E-state index in [0.29, 0.717) is 32.9 Å². The third-order valence-corrected chi connectivity index (χ3v) is 4.36. The molecule has 3 rings (SSSR count). The molecule has 0 aliphatic heterocycles. The molecular weight excluding hydrogens is 342 g/mol. The molecule has 0 unspecified atom stereocenters. The van der Waals surface area contributed by atoms with Crippen molar-refractivity contribution in [2.75, 3.05) is 5.73 Å². The van der Waals surface area contributed by atoms with Crippen molar-refractivity contribution in [1.29, 1.82) is 0 Å². The van der Waals surface area contributed by atoms with Crippen molar-refractivity contribution in [2.45, 2.75) is 11.8 Å². The lowest BCUT2D eigenvalue weighted by Gasteiger charge is -2.09. The molecule has 3 aromatic carbocycles. The minimum atomic E-state index is 0.128. The predicted octanol–water partition coefficient (Wildman–Crippen LogP) is 5.28. The molecule has 8 heteroatoms. The van der Waals surface area contributed by atoms with Gasteiger partial charge in [-0.2, -0.15) is 10.2 Å². The number of aromatic hydroxyl groups is 1. The summed E-state index contributed by atoms with van der Waals surface area (Å²) in [5, 5.41) is 32.0. The van der Waals surface area contributed by atoms with Crippen molar-refractivity contribution in [3.05, 3.63) is 54.1 Å². The Balaban J connectivity index is 1.95. The Morgan fingerprint density at radius 2 is 1.68 bits per heavy atom. The van der Waals surface area contributed by atoms with E-state index < -0.39 is 0 Å². The van der Waals surface area contributed by atoms with Gasteiger partial charge in [0.05, 0.1) is 23.4 Å². The maximum Gasteiger partial charge on any atom is 0.127 e. The van der Waals surface area contributed by atoms with E-state index in [0.717, 1.165) is 17.4 Å². The third kappa shape index (κ3) is 3.89. The molecule has 0 aliphatic rings. The van der Waals surface area contributed by atoms with E-state index in [1.54, 1.807) is 55.5 Å². The van der Waals surface area contributed by atoms with Gasteiger partial charge in [-0.1, -0.05) is 5.04 Å². The summed E-state index contributed by atoms with van der Waals surface area (Å²) in [6.07, 6.45) is 0. The van der Waals surface area contributed by atoms with Gasteiger partial charge in [0.2, 0.25) is 0 Å². The Hall–Kier alpha value is -2.65. The van der Waals surface area contributed by atoms with Crippen LogP contribution in [0.5, 0.6) is 5.75 Å². The van der Waals surface area contributed by atoms with Crippen LogP contribution in [0.4, 0.5) is 17.1 Å². The van der Waals surface area contributed by atoms with E-state index in [4.69, 9.17) is 11.0 Å². The van der Waals surface area contributed by atoms with Gasteiger partial charge in [-0.25, -0.2) is 5.26 Å². The number of hydrogen-bond acceptors (Lipinski definition) is 8. The fraction of sp³-hybridized carbons (Fsp3) is 0.0588. The second-order valence-electron chi connectivity index (χ2n) is 5.27. The molecular formula is C17H15N3O4S. The maximum absolute atomic E-state index is 10.3. The number of fused-ring (bicyclic) bond motifs is 1. The lowest BCUT2D eigenvalue weighted by atomic mass is 10.1. The van der Waals surface area contributed by atoms with E-state index in [-0.39, 0.29) is 5.75 Å². The number of phenols is 1. The number of nitrogens with zero attached hydrogens (tertiary/aromatic N) is 2. The molecule has 0 atom stereocenters. The zero-order valence-electron chi connectivity index (χ0n) is 13.2. The standard InChI is InChI=1S/C17H15N3O4S/c1-10-16(25-24-23-22)9-11-8-14(6-7-15(11)17(10)21)20-19-13-4-2-12(18)3-5-13/h2-9,21-22H,18H2,1H3. The Bertz CT molecular complexity index is 929. The highest BCUT2D eigenvalue weighted by atomic mass is 32.2. The number of nitrogens with two attached hydrogens (primary N) is 1. The quantitative estimate of drug-likeness (QED) is 0.188. The minimum absolute atomic E-state index is 0.128. The fourth-order valence-electron chi connectivity index (χ4n) is 2.31. The first-order chi connectivity index (χ1) is 12.1. The number of azo groups is 1. The van der Waals surface area contributed by atoms with Gasteiger partial charge in [0, 0.05) is 21.5 Å². The molecule has 0 spiro atoms. The van der Waals surface area contributed by atoms with E-state index in [1.807, 2.05) is 0 Å². The highest BCUT2D eigenvalue weighted by Crippen LogP contribution is 2.38. The topological polar surface area (TPSA) is 110 Å². The SMILES string of the molecule is Cc1c(SOOO)cc2cc(N=Nc3ccc(N)cc3)ccc2c1O. The number of benzene rings is 3. The third-order valence-electron chi connectivity index (χ3n) is 3.63. The summed E-state index contributed by atoms with van der Waals surface area (Å²) in [6.45, 7) is 1.74. The molecule has 0 saturated carbocycles. The van der Waals surface area contributed by atoms with Gasteiger partial charge >= 0.3 is 0 Å². The van der Waals surface area contributed by atoms with Crippen LogP contribution in [0, 0.1) is 6.92 Å². The molecule has 7 nitrogen and oxygen atoms in total. The van der Waals surface area contributed by atoms with Crippen molar-refractivity contribution in [2.24, 2.45) is 10.2 Å². The van der Waals surface area contributed by atoms with Crippen molar-refractivity contribution in [3.63, 3.8) is 0 Å². The lowest BCUT2D eigenvalue weighted by molar-refractivity contribution is -0.432. The monoisotopic (exact) mass is 357 g/mol. The van der Waals surface area contributed by atoms with Crippen molar-refractivity contribution in [1.82, 2.24) is 0 Å². The van der Waals surface area contributed by atoms with Crippen LogP contribution in [0.3, 0.4) is 0 Å². The largest absolute Gasteiger partial charge is 0.507 e. The number of hydrogen-bond donors (Lipinski definition) is 3. The second kappa shape index (κ2) is 7.49. The average molecular weight is 357 g/mol. The number of nitrogen functional groups attached to an aromatic ring is 1. The molecule has 0 aliphatic carbocycles. The van der Waals surface area contributed by atoms with Crippen LogP contribution < -0.4 is 5.73 Å². The van der Waals surface area contributed by atoms with E-state index >= 15 is 0 Å². The summed E-state index contributed by atoms with van der Waals surface area (Å²) in [6, 6.07) is 14.2. The first-order valence-electron chi connectivity index (χ1n) is 7.27. The van der Waals surface area contributed by atoms with Crippen LogP contribution in [-0.4, -0.2) is 10.4 Å². The Labute approximate surface area is 147 Å². The average Bonchev–Trinajstić information content (AvgIpc) is 2.63. The first-order valence-corrected chi connectivity index (χ1v) is 8.01. The number of anilines is 1. The van der Waals surface area contributed by atoms with E-state index in [9.17, 15) is 5.11 Å². The first kappa shape index (κ1) is 17.2.